The van der Waals surface area contributed by atoms with Crippen molar-refractivity contribution < 1.29 is 12.8 Å². The molecule has 0 amide bonds. The normalized spacial score (nSPS) is 19.1. The average Bonchev–Trinajstić information content (AvgIpc) is 3.05. The Morgan fingerprint density at radius 2 is 2.00 bits per heavy atom. The lowest BCUT2D eigenvalue weighted by atomic mass is 9.96. The maximum atomic E-state index is 13.4. The number of nitrogens with one attached hydrogen (secondary N) is 1. The molecule has 136 valence electrons. The van der Waals surface area contributed by atoms with Crippen LogP contribution >= 0.6 is 11.6 Å². The molecular weight excluding hydrogens is 375 g/mol. The van der Waals surface area contributed by atoms with Crippen molar-refractivity contribution in [2.24, 2.45) is 0 Å². The standard InChI is InChI=1S/C19H18ClFN2O2S/c20-15-4-1-5-17(11-15)26(24,25)23-8-2-3-13(12-23)19-10-14-9-16(21)6-7-18(14)22-19/h1,4-7,9-11,13,22H,2-3,8,12H2. The second-order valence-electron chi connectivity index (χ2n) is 6.62. The van der Waals surface area contributed by atoms with E-state index in [9.17, 15) is 12.8 Å². The summed E-state index contributed by atoms with van der Waals surface area (Å²) in [6.45, 7) is 0.879. The van der Waals surface area contributed by atoms with E-state index in [1.54, 1.807) is 24.3 Å². The van der Waals surface area contributed by atoms with E-state index in [2.05, 4.69) is 4.98 Å². The predicted molar refractivity (Wildman–Crippen MR) is 100 cm³/mol. The van der Waals surface area contributed by atoms with Crippen molar-refractivity contribution in [3.8, 4) is 0 Å². The molecule has 1 saturated heterocycles. The largest absolute Gasteiger partial charge is 0.358 e. The predicted octanol–water partition coefficient (Wildman–Crippen LogP) is 4.53. The summed E-state index contributed by atoms with van der Waals surface area (Å²) in [4.78, 5) is 3.52. The molecular formula is C19H18ClFN2O2S. The zero-order chi connectivity index (χ0) is 18.3. The Morgan fingerprint density at radius 3 is 2.81 bits per heavy atom. The Bertz CT molecular complexity index is 1060. The minimum Gasteiger partial charge on any atom is -0.358 e. The molecule has 3 aromatic rings. The van der Waals surface area contributed by atoms with Crippen LogP contribution in [0.2, 0.25) is 5.02 Å². The van der Waals surface area contributed by atoms with E-state index in [1.807, 2.05) is 6.07 Å². The number of aromatic amines is 1. The summed E-state index contributed by atoms with van der Waals surface area (Å²) < 4.78 is 40.8. The van der Waals surface area contributed by atoms with Crippen LogP contribution in [0.25, 0.3) is 10.9 Å². The van der Waals surface area contributed by atoms with Gasteiger partial charge in [-0.25, -0.2) is 12.8 Å². The van der Waals surface area contributed by atoms with E-state index in [-0.39, 0.29) is 16.6 Å². The Labute approximate surface area is 156 Å². The minimum absolute atomic E-state index is 0.0492. The molecule has 0 aliphatic carbocycles. The van der Waals surface area contributed by atoms with Crippen molar-refractivity contribution in [2.75, 3.05) is 13.1 Å². The number of halogens is 2. The summed E-state index contributed by atoms with van der Waals surface area (Å²) in [6, 6.07) is 12.9. The number of hydrogen-bond acceptors (Lipinski definition) is 2. The topological polar surface area (TPSA) is 53.2 Å². The average molecular weight is 393 g/mol. The van der Waals surface area contributed by atoms with Crippen molar-refractivity contribution in [1.82, 2.24) is 9.29 Å². The molecule has 0 spiro atoms. The Morgan fingerprint density at radius 1 is 1.15 bits per heavy atom. The molecule has 1 aromatic heterocycles. The van der Waals surface area contributed by atoms with Gasteiger partial charge in [-0.1, -0.05) is 17.7 Å². The summed E-state index contributed by atoms with van der Waals surface area (Å²) in [5.41, 5.74) is 1.80. The number of fused-ring (bicyclic) bond motifs is 1. The van der Waals surface area contributed by atoms with Crippen molar-refractivity contribution in [3.63, 3.8) is 0 Å². The fourth-order valence-electron chi connectivity index (χ4n) is 3.54. The third-order valence-corrected chi connectivity index (χ3v) is 6.96. The summed E-state index contributed by atoms with van der Waals surface area (Å²) in [5.74, 6) is -0.231. The number of benzene rings is 2. The number of hydrogen-bond donors (Lipinski definition) is 1. The SMILES string of the molecule is O=S(=O)(c1cccc(Cl)c1)N1CCCC(c2cc3cc(F)ccc3[nH]2)C1. The van der Waals surface area contributed by atoms with Gasteiger partial charge in [0.1, 0.15) is 5.82 Å². The molecule has 0 bridgehead atoms. The molecule has 1 aliphatic heterocycles. The van der Waals surface area contributed by atoms with E-state index >= 15 is 0 Å². The highest BCUT2D eigenvalue weighted by atomic mass is 35.5. The molecule has 2 heterocycles. The molecule has 0 saturated carbocycles. The van der Waals surface area contributed by atoms with Gasteiger partial charge < -0.3 is 4.98 Å². The van der Waals surface area contributed by atoms with Gasteiger partial charge in [-0.15, -0.1) is 0 Å². The van der Waals surface area contributed by atoms with Crippen LogP contribution < -0.4 is 0 Å². The molecule has 1 N–H and O–H groups in total. The molecule has 4 rings (SSSR count). The molecule has 1 atom stereocenters. The maximum Gasteiger partial charge on any atom is 0.243 e. The molecule has 2 aromatic carbocycles. The van der Waals surface area contributed by atoms with E-state index in [4.69, 9.17) is 11.6 Å². The monoisotopic (exact) mass is 392 g/mol. The van der Waals surface area contributed by atoms with E-state index in [0.717, 1.165) is 29.4 Å². The van der Waals surface area contributed by atoms with Crippen LogP contribution in [0.4, 0.5) is 4.39 Å². The molecule has 4 nitrogen and oxygen atoms in total. The van der Waals surface area contributed by atoms with Crippen molar-refractivity contribution in [2.45, 2.75) is 23.7 Å². The molecule has 1 unspecified atom stereocenters. The van der Waals surface area contributed by atoms with Gasteiger partial charge in [-0.05, 0) is 55.3 Å². The first kappa shape index (κ1) is 17.5. The lowest BCUT2D eigenvalue weighted by Gasteiger charge is -2.31. The Balaban J connectivity index is 1.62. The molecule has 0 radical (unpaired) electrons. The minimum atomic E-state index is -3.59. The van der Waals surface area contributed by atoms with E-state index in [0.29, 0.717) is 18.1 Å². The summed E-state index contributed by atoms with van der Waals surface area (Å²) in [6.07, 6.45) is 1.66. The maximum absolute atomic E-state index is 13.4. The highest BCUT2D eigenvalue weighted by molar-refractivity contribution is 7.89. The van der Waals surface area contributed by atoms with Gasteiger partial charge in [0.25, 0.3) is 0 Å². The first-order chi connectivity index (χ1) is 12.4. The molecule has 26 heavy (non-hydrogen) atoms. The number of nitrogens with zero attached hydrogens (tertiary/aromatic N) is 1. The first-order valence-corrected chi connectivity index (χ1v) is 10.3. The number of rotatable bonds is 3. The zero-order valence-corrected chi connectivity index (χ0v) is 15.5. The number of aromatic nitrogens is 1. The van der Waals surface area contributed by atoms with Gasteiger partial charge in [-0.3, -0.25) is 0 Å². The van der Waals surface area contributed by atoms with Crippen LogP contribution in [0.3, 0.4) is 0 Å². The van der Waals surface area contributed by atoms with Crippen LogP contribution in [0, 0.1) is 5.82 Å². The third kappa shape index (κ3) is 3.24. The molecule has 7 heteroatoms. The molecule has 1 fully saturated rings. The first-order valence-electron chi connectivity index (χ1n) is 8.47. The highest BCUT2D eigenvalue weighted by Crippen LogP contribution is 2.32. The number of sulfonamides is 1. The lowest BCUT2D eigenvalue weighted by molar-refractivity contribution is 0.313. The summed E-state index contributed by atoms with van der Waals surface area (Å²) >= 11 is 5.95. The third-order valence-electron chi connectivity index (χ3n) is 4.86. The second kappa shape index (κ2) is 6.68. The Hall–Kier alpha value is -1.89. The quantitative estimate of drug-likeness (QED) is 0.712. The van der Waals surface area contributed by atoms with Crippen LogP contribution in [-0.4, -0.2) is 30.8 Å². The van der Waals surface area contributed by atoms with Gasteiger partial charge in [0.2, 0.25) is 10.0 Å². The Kier molecular flexibility index (Phi) is 4.50. The summed E-state index contributed by atoms with van der Waals surface area (Å²) in [5, 5.41) is 1.20. The second-order valence-corrected chi connectivity index (χ2v) is 8.99. The van der Waals surface area contributed by atoms with Crippen LogP contribution in [0.1, 0.15) is 24.5 Å². The van der Waals surface area contributed by atoms with E-state index < -0.39 is 10.0 Å². The summed E-state index contributed by atoms with van der Waals surface area (Å²) in [7, 11) is -3.59. The lowest BCUT2D eigenvalue weighted by Crippen LogP contribution is -2.39. The van der Waals surface area contributed by atoms with Crippen LogP contribution in [0.5, 0.6) is 0 Å². The van der Waals surface area contributed by atoms with Crippen molar-refractivity contribution >= 4 is 32.5 Å². The fraction of sp³-hybridized carbons (Fsp3) is 0.263. The van der Waals surface area contributed by atoms with Crippen molar-refractivity contribution in [3.05, 3.63) is 65.1 Å². The van der Waals surface area contributed by atoms with Gasteiger partial charge in [0.15, 0.2) is 0 Å². The van der Waals surface area contributed by atoms with Crippen LogP contribution in [0.15, 0.2) is 53.4 Å². The van der Waals surface area contributed by atoms with Gasteiger partial charge in [0.05, 0.1) is 4.90 Å². The smallest absolute Gasteiger partial charge is 0.243 e. The van der Waals surface area contributed by atoms with Crippen molar-refractivity contribution in [1.29, 1.82) is 0 Å². The fourth-order valence-corrected chi connectivity index (χ4v) is 5.36. The van der Waals surface area contributed by atoms with Gasteiger partial charge in [0, 0.05) is 40.6 Å². The highest BCUT2D eigenvalue weighted by Gasteiger charge is 2.31. The van der Waals surface area contributed by atoms with Gasteiger partial charge in [-0.2, -0.15) is 4.31 Å². The van der Waals surface area contributed by atoms with Gasteiger partial charge >= 0.3 is 0 Å². The number of piperidine rings is 1. The zero-order valence-electron chi connectivity index (χ0n) is 14.0. The number of H-pyrrole nitrogens is 1. The van der Waals surface area contributed by atoms with Crippen LogP contribution in [-0.2, 0) is 10.0 Å². The molecule has 1 aliphatic rings. The van der Waals surface area contributed by atoms with E-state index in [1.165, 1.54) is 22.5 Å².